The number of imidazole rings is 1. The maximum atomic E-state index is 2.38. The molecule has 0 aliphatic rings. The van der Waals surface area contributed by atoms with Crippen molar-refractivity contribution in [3.05, 3.63) is 54.1 Å². The van der Waals surface area contributed by atoms with E-state index in [-0.39, 0.29) is 0 Å². The first kappa shape index (κ1) is 12.9. The molecule has 0 spiro atoms. The molecule has 2 rings (SSSR count). The number of aromatic nitrogens is 2. The van der Waals surface area contributed by atoms with Crippen LogP contribution in [0.5, 0.6) is 0 Å². The highest BCUT2D eigenvalue weighted by Gasteiger charge is 2.18. The summed E-state index contributed by atoms with van der Waals surface area (Å²) in [5, 5.41) is 0. The van der Waals surface area contributed by atoms with Crippen molar-refractivity contribution in [2.45, 2.75) is 46.2 Å². The minimum Gasteiger partial charge on any atom is -0.234 e. The summed E-state index contributed by atoms with van der Waals surface area (Å²) in [6, 6.07) is 11.2. The summed E-state index contributed by atoms with van der Waals surface area (Å²) < 4.78 is 4.76. The third kappa shape index (κ3) is 2.81. The van der Waals surface area contributed by atoms with Crippen LogP contribution >= 0.6 is 0 Å². The summed E-state index contributed by atoms with van der Waals surface area (Å²) >= 11 is 0. The lowest BCUT2D eigenvalue weighted by atomic mass is 10.1. The predicted molar refractivity (Wildman–Crippen MR) is 74.6 cm³/mol. The largest absolute Gasteiger partial charge is 0.261 e. The van der Waals surface area contributed by atoms with E-state index in [1.807, 2.05) is 0 Å². The van der Waals surface area contributed by atoms with E-state index in [9.17, 15) is 0 Å². The van der Waals surface area contributed by atoms with Crippen molar-refractivity contribution in [2.24, 2.45) is 0 Å². The average Bonchev–Trinajstić information content (AvgIpc) is 2.74. The van der Waals surface area contributed by atoms with Gasteiger partial charge in [0, 0.05) is 0 Å². The highest BCUT2D eigenvalue weighted by atomic mass is 15.2. The molecule has 0 unspecified atom stereocenters. The van der Waals surface area contributed by atoms with Crippen LogP contribution in [-0.4, -0.2) is 4.57 Å². The molecule has 0 radical (unpaired) electrons. The van der Waals surface area contributed by atoms with Gasteiger partial charge in [-0.15, -0.1) is 0 Å². The third-order valence-electron chi connectivity index (χ3n) is 3.26. The Bertz CT molecular complexity index is 483. The Balaban J connectivity index is 2.31. The van der Waals surface area contributed by atoms with Crippen molar-refractivity contribution in [3.8, 4) is 0 Å². The molecule has 2 aromatic rings. The molecule has 1 aromatic carbocycles. The van der Waals surface area contributed by atoms with Gasteiger partial charge in [-0.1, -0.05) is 37.3 Å². The van der Waals surface area contributed by atoms with Crippen LogP contribution in [0.15, 0.2) is 42.7 Å². The lowest BCUT2D eigenvalue weighted by Crippen LogP contribution is -2.37. The zero-order valence-corrected chi connectivity index (χ0v) is 11.6. The van der Waals surface area contributed by atoms with Crippen LogP contribution in [0, 0.1) is 0 Å². The minimum atomic E-state index is 0.516. The van der Waals surface area contributed by atoms with E-state index >= 15 is 0 Å². The van der Waals surface area contributed by atoms with Crippen molar-refractivity contribution in [2.75, 3.05) is 0 Å². The second-order valence-corrected chi connectivity index (χ2v) is 5.07. The van der Waals surface area contributed by atoms with Gasteiger partial charge in [0.1, 0.15) is 12.4 Å². The fraction of sp³-hybridized carbons (Fsp3) is 0.438. The van der Waals surface area contributed by atoms with Gasteiger partial charge in [-0.25, -0.2) is 9.13 Å². The van der Waals surface area contributed by atoms with Gasteiger partial charge in [0.2, 0.25) is 0 Å². The van der Waals surface area contributed by atoms with E-state index in [4.69, 9.17) is 0 Å². The molecule has 0 aliphatic heterocycles. The summed E-state index contributed by atoms with van der Waals surface area (Å²) in [5.41, 5.74) is 1.38. The van der Waals surface area contributed by atoms with Gasteiger partial charge in [-0.05, 0) is 25.8 Å². The number of benzene rings is 1. The number of nitrogens with zero attached hydrogens (tertiary/aromatic N) is 2. The van der Waals surface area contributed by atoms with E-state index in [1.165, 1.54) is 17.8 Å². The summed E-state index contributed by atoms with van der Waals surface area (Å²) in [7, 11) is 0. The first-order valence-corrected chi connectivity index (χ1v) is 6.85. The van der Waals surface area contributed by atoms with E-state index < -0.39 is 0 Å². The Hall–Kier alpha value is -1.57. The van der Waals surface area contributed by atoms with Crippen LogP contribution in [-0.2, 0) is 13.0 Å². The fourth-order valence-corrected chi connectivity index (χ4v) is 2.36. The molecular weight excluding hydrogens is 220 g/mol. The Morgan fingerprint density at radius 2 is 1.89 bits per heavy atom. The number of rotatable bonds is 5. The van der Waals surface area contributed by atoms with Crippen molar-refractivity contribution < 1.29 is 4.57 Å². The number of hydrogen-bond donors (Lipinski definition) is 0. The molecule has 2 nitrogen and oxygen atoms in total. The maximum Gasteiger partial charge on any atom is 0.261 e. The molecule has 18 heavy (non-hydrogen) atoms. The molecule has 0 N–H and O–H groups in total. The normalized spacial score (nSPS) is 11.1. The molecule has 0 amide bonds. The highest BCUT2D eigenvalue weighted by Crippen LogP contribution is 2.12. The minimum absolute atomic E-state index is 0.516. The summed E-state index contributed by atoms with van der Waals surface area (Å²) in [6.45, 7) is 7.81. The van der Waals surface area contributed by atoms with Crippen molar-refractivity contribution in [1.82, 2.24) is 4.57 Å². The van der Waals surface area contributed by atoms with Crippen LogP contribution in [0.25, 0.3) is 0 Å². The second kappa shape index (κ2) is 5.85. The van der Waals surface area contributed by atoms with Gasteiger partial charge in [0.25, 0.3) is 5.82 Å². The van der Waals surface area contributed by atoms with E-state index in [1.54, 1.807) is 0 Å². The molecule has 0 saturated carbocycles. The van der Waals surface area contributed by atoms with Crippen molar-refractivity contribution >= 4 is 0 Å². The third-order valence-corrected chi connectivity index (χ3v) is 3.26. The standard InChI is InChI=1S/C16H23N2/c1-4-10-17-11-12-18(14(2)3)16(17)13-15-8-6-5-7-9-15/h5-9,11-12,14H,4,10,13H2,1-3H3/q+1. The second-order valence-electron chi connectivity index (χ2n) is 5.07. The van der Waals surface area contributed by atoms with Crippen LogP contribution < -0.4 is 4.57 Å². The first-order valence-electron chi connectivity index (χ1n) is 6.85. The maximum absolute atomic E-state index is 2.38. The highest BCUT2D eigenvalue weighted by molar-refractivity contribution is 5.18. The van der Waals surface area contributed by atoms with Gasteiger partial charge >= 0.3 is 0 Å². The van der Waals surface area contributed by atoms with Crippen LogP contribution in [0.2, 0.25) is 0 Å². The molecule has 96 valence electrons. The predicted octanol–water partition coefficient (Wildman–Crippen LogP) is 3.36. The molecule has 0 bridgehead atoms. The number of hydrogen-bond acceptors (Lipinski definition) is 0. The van der Waals surface area contributed by atoms with Crippen molar-refractivity contribution in [1.29, 1.82) is 0 Å². The van der Waals surface area contributed by atoms with E-state index in [2.05, 4.69) is 72.6 Å². The van der Waals surface area contributed by atoms with Gasteiger partial charge in [0.05, 0.1) is 19.0 Å². The smallest absolute Gasteiger partial charge is 0.234 e. The SMILES string of the molecule is CCC[n+]1ccn(C(C)C)c1Cc1ccccc1. The lowest BCUT2D eigenvalue weighted by molar-refractivity contribution is -0.703. The van der Waals surface area contributed by atoms with Gasteiger partial charge in [0.15, 0.2) is 0 Å². The molecule has 1 aromatic heterocycles. The summed E-state index contributed by atoms with van der Waals surface area (Å²) in [6.07, 6.45) is 6.60. The van der Waals surface area contributed by atoms with E-state index in [0.29, 0.717) is 6.04 Å². The zero-order valence-electron chi connectivity index (χ0n) is 11.6. The lowest BCUT2D eigenvalue weighted by Gasteiger charge is -2.07. The monoisotopic (exact) mass is 243 g/mol. The fourth-order valence-electron chi connectivity index (χ4n) is 2.36. The Labute approximate surface area is 110 Å². The zero-order chi connectivity index (χ0) is 13.0. The molecule has 0 saturated heterocycles. The van der Waals surface area contributed by atoms with E-state index in [0.717, 1.165) is 13.0 Å². The number of aryl methyl sites for hydroxylation is 1. The summed E-state index contributed by atoms with van der Waals surface area (Å²) in [5.74, 6) is 1.40. The topological polar surface area (TPSA) is 8.81 Å². The van der Waals surface area contributed by atoms with Crippen LogP contribution in [0.1, 0.15) is 44.6 Å². The first-order chi connectivity index (χ1) is 8.72. The molecular formula is C16H23N2+. The van der Waals surface area contributed by atoms with Gasteiger partial charge < -0.3 is 0 Å². The van der Waals surface area contributed by atoms with Crippen LogP contribution in [0.4, 0.5) is 0 Å². The van der Waals surface area contributed by atoms with Crippen LogP contribution in [0.3, 0.4) is 0 Å². The molecule has 1 heterocycles. The summed E-state index contributed by atoms with van der Waals surface area (Å²) in [4.78, 5) is 0. The van der Waals surface area contributed by atoms with Gasteiger partial charge in [-0.2, -0.15) is 0 Å². The van der Waals surface area contributed by atoms with Crippen molar-refractivity contribution in [3.63, 3.8) is 0 Å². The Morgan fingerprint density at radius 3 is 2.50 bits per heavy atom. The van der Waals surface area contributed by atoms with Gasteiger partial charge in [-0.3, -0.25) is 0 Å². The molecule has 0 atom stereocenters. The Kier molecular flexibility index (Phi) is 4.19. The molecule has 2 heteroatoms. The molecule has 0 aliphatic carbocycles. The Morgan fingerprint density at radius 1 is 1.17 bits per heavy atom. The quantitative estimate of drug-likeness (QED) is 0.712. The molecule has 0 fully saturated rings. The average molecular weight is 243 g/mol.